The zero-order valence-corrected chi connectivity index (χ0v) is 13.3. The van der Waals surface area contributed by atoms with Crippen LogP contribution in [0.3, 0.4) is 0 Å². The molecule has 0 fully saturated rings. The number of hydrogen-bond donors (Lipinski definition) is 2. The number of rotatable bonds is 2. The Morgan fingerprint density at radius 3 is 2.84 bits per heavy atom. The van der Waals surface area contributed by atoms with E-state index in [1.807, 2.05) is 0 Å². The number of benzene rings is 2. The minimum absolute atomic E-state index is 0.0714. The fourth-order valence-corrected chi connectivity index (χ4v) is 2.77. The Kier molecular flexibility index (Phi) is 3.39. The van der Waals surface area contributed by atoms with E-state index in [1.165, 1.54) is 12.3 Å². The summed E-state index contributed by atoms with van der Waals surface area (Å²) < 4.78 is 5.59. The van der Waals surface area contributed by atoms with E-state index < -0.39 is 6.10 Å². The minimum atomic E-state index is -0.580. The molecule has 1 aliphatic heterocycles. The molecular weight excluding hydrogens is 320 g/mol. The van der Waals surface area contributed by atoms with Gasteiger partial charge >= 0.3 is 0 Å². The van der Waals surface area contributed by atoms with E-state index in [0.29, 0.717) is 27.9 Å². The van der Waals surface area contributed by atoms with Crippen molar-refractivity contribution in [2.45, 2.75) is 13.0 Å². The van der Waals surface area contributed by atoms with Crippen LogP contribution in [0.1, 0.15) is 22.8 Å². The normalized spacial score (nSPS) is 16.0. The van der Waals surface area contributed by atoms with Gasteiger partial charge in [-0.15, -0.1) is 0 Å². The molecule has 4 rings (SSSR count). The van der Waals surface area contributed by atoms with Crippen LogP contribution in [-0.2, 0) is 4.79 Å². The average molecular weight is 334 g/mol. The smallest absolute Gasteiger partial charge is 0.265 e. The first-order chi connectivity index (χ1) is 12.0. The average Bonchev–Trinajstić information content (AvgIpc) is 2.60. The van der Waals surface area contributed by atoms with Crippen LogP contribution < -0.4 is 10.1 Å². The molecule has 0 bridgehead atoms. The summed E-state index contributed by atoms with van der Waals surface area (Å²) in [5.41, 5.74) is 1.77. The van der Waals surface area contributed by atoms with E-state index in [4.69, 9.17) is 4.74 Å². The van der Waals surface area contributed by atoms with Crippen molar-refractivity contribution < 1.29 is 19.4 Å². The first kappa shape index (κ1) is 15.1. The number of ether oxygens (including phenoxy) is 1. The second-order valence-corrected chi connectivity index (χ2v) is 5.86. The SMILES string of the molecule is CC1Oc2cc3cc(C(=O)c4ccccc4O)cnc3cc2NC1=O. The molecule has 6 nitrogen and oxygen atoms in total. The molecule has 2 heterocycles. The van der Waals surface area contributed by atoms with Gasteiger partial charge in [-0.3, -0.25) is 14.6 Å². The number of amides is 1. The molecular formula is C19H14N2O4. The third-order valence-corrected chi connectivity index (χ3v) is 4.12. The number of aromatic nitrogens is 1. The van der Waals surface area contributed by atoms with Crippen molar-refractivity contribution in [1.82, 2.24) is 4.98 Å². The maximum atomic E-state index is 12.6. The maximum Gasteiger partial charge on any atom is 0.265 e. The van der Waals surface area contributed by atoms with Gasteiger partial charge in [0.15, 0.2) is 11.9 Å². The Bertz CT molecular complexity index is 1030. The number of carbonyl (C=O) groups is 2. The molecule has 3 aromatic rings. The molecule has 6 heteroatoms. The number of phenols is 1. The van der Waals surface area contributed by atoms with Gasteiger partial charge in [0, 0.05) is 17.1 Å². The summed E-state index contributed by atoms with van der Waals surface area (Å²) in [7, 11) is 0. The lowest BCUT2D eigenvalue weighted by atomic mass is 10.0. The topological polar surface area (TPSA) is 88.5 Å². The quantitative estimate of drug-likeness (QED) is 0.704. The second kappa shape index (κ2) is 5.59. The van der Waals surface area contributed by atoms with Crippen molar-refractivity contribution in [3.05, 3.63) is 59.8 Å². The molecule has 0 aliphatic carbocycles. The number of fused-ring (bicyclic) bond motifs is 2. The van der Waals surface area contributed by atoms with Gasteiger partial charge in [-0.2, -0.15) is 0 Å². The summed E-state index contributed by atoms with van der Waals surface area (Å²) in [5.74, 6) is -0.0579. The molecule has 2 N–H and O–H groups in total. The third kappa shape index (κ3) is 2.57. The highest BCUT2D eigenvalue weighted by atomic mass is 16.5. The molecule has 25 heavy (non-hydrogen) atoms. The lowest BCUT2D eigenvalue weighted by molar-refractivity contribution is -0.122. The van der Waals surface area contributed by atoms with Gasteiger partial charge in [0.05, 0.1) is 16.8 Å². The lowest BCUT2D eigenvalue weighted by Gasteiger charge is -2.23. The zero-order chi connectivity index (χ0) is 17.6. The second-order valence-electron chi connectivity index (χ2n) is 5.86. The largest absolute Gasteiger partial charge is 0.507 e. The molecule has 0 spiro atoms. The number of ketones is 1. The summed E-state index contributed by atoms with van der Waals surface area (Å²) in [6.07, 6.45) is 0.876. The van der Waals surface area contributed by atoms with Crippen LogP contribution in [0, 0.1) is 0 Å². The van der Waals surface area contributed by atoms with E-state index in [2.05, 4.69) is 10.3 Å². The van der Waals surface area contributed by atoms with Crippen molar-refractivity contribution in [1.29, 1.82) is 0 Å². The number of aromatic hydroxyl groups is 1. The number of para-hydroxylation sites is 1. The van der Waals surface area contributed by atoms with Gasteiger partial charge in [-0.1, -0.05) is 12.1 Å². The Hall–Kier alpha value is -3.41. The monoisotopic (exact) mass is 334 g/mol. The van der Waals surface area contributed by atoms with E-state index in [9.17, 15) is 14.7 Å². The van der Waals surface area contributed by atoms with Crippen molar-refractivity contribution in [2.24, 2.45) is 0 Å². The summed E-state index contributed by atoms with van der Waals surface area (Å²) in [4.78, 5) is 28.6. The van der Waals surface area contributed by atoms with Crippen LogP contribution in [0.2, 0.25) is 0 Å². The van der Waals surface area contributed by atoms with E-state index >= 15 is 0 Å². The highest BCUT2D eigenvalue weighted by Gasteiger charge is 2.24. The zero-order valence-electron chi connectivity index (χ0n) is 13.3. The molecule has 1 aromatic heterocycles. The number of nitrogens with zero attached hydrogens (tertiary/aromatic N) is 1. The van der Waals surface area contributed by atoms with Crippen molar-refractivity contribution in [2.75, 3.05) is 5.32 Å². The summed E-state index contributed by atoms with van der Waals surface area (Å²) in [5, 5.41) is 13.3. The molecule has 1 aliphatic rings. The van der Waals surface area contributed by atoms with E-state index in [0.717, 1.165) is 0 Å². The Labute approximate surface area is 143 Å². The fraction of sp³-hybridized carbons (Fsp3) is 0.105. The number of hydrogen-bond acceptors (Lipinski definition) is 5. The highest BCUT2D eigenvalue weighted by molar-refractivity contribution is 6.12. The standard InChI is InChI=1S/C19H14N2O4/c1-10-19(24)21-15-8-14-11(7-17(15)25-10)6-12(9-20-14)18(23)13-4-2-3-5-16(13)22/h2-10,22H,1H3,(H,21,24). The highest BCUT2D eigenvalue weighted by Crippen LogP contribution is 2.34. The van der Waals surface area contributed by atoms with Crippen LogP contribution in [0.15, 0.2) is 48.7 Å². The van der Waals surface area contributed by atoms with Gasteiger partial charge in [0.1, 0.15) is 11.5 Å². The molecule has 2 aromatic carbocycles. The molecule has 0 saturated carbocycles. The van der Waals surface area contributed by atoms with E-state index in [-0.39, 0.29) is 23.0 Å². The van der Waals surface area contributed by atoms with Crippen LogP contribution in [0.25, 0.3) is 10.9 Å². The molecule has 124 valence electrons. The first-order valence-electron chi connectivity index (χ1n) is 7.77. The van der Waals surface area contributed by atoms with E-state index in [1.54, 1.807) is 43.3 Å². The first-order valence-corrected chi connectivity index (χ1v) is 7.77. The van der Waals surface area contributed by atoms with Crippen LogP contribution in [0.4, 0.5) is 5.69 Å². The Morgan fingerprint density at radius 2 is 2.04 bits per heavy atom. The third-order valence-electron chi connectivity index (χ3n) is 4.12. The summed E-state index contributed by atoms with van der Waals surface area (Å²) in [6.45, 7) is 1.67. The van der Waals surface area contributed by atoms with Gasteiger partial charge in [0.2, 0.25) is 0 Å². The fourth-order valence-electron chi connectivity index (χ4n) is 2.77. The molecule has 0 saturated heterocycles. The molecule has 0 radical (unpaired) electrons. The predicted molar refractivity (Wildman–Crippen MR) is 92.0 cm³/mol. The molecule has 1 unspecified atom stereocenters. The van der Waals surface area contributed by atoms with Crippen LogP contribution in [0.5, 0.6) is 11.5 Å². The van der Waals surface area contributed by atoms with Crippen molar-refractivity contribution >= 4 is 28.3 Å². The van der Waals surface area contributed by atoms with Crippen LogP contribution in [-0.4, -0.2) is 27.9 Å². The molecule has 1 amide bonds. The lowest BCUT2D eigenvalue weighted by Crippen LogP contribution is -2.34. The summed E-state index contributed by atoms with van der Waals surface area (Å²) >= 11 is 0. The number of phenolic OH excluding ortho intramolecular Hbond substituents is 1. The maximum absolute atomic E-state index is 12.6. The Balaban J connectivity index is 1.78. The number of pyridine rings is 1. The van der Waals surface area contributed by atoms with Gasteiger partial charge in [0.25, 0.3) is 5.91 Å². The van der Waals surface area contributed by atoms with Crippen molar-refractivity contribution in [3.63, 3.8) is 0 Å². The number of carbonyl (C=O) groups excluding carboxylic acids is 2. The van der Waals surface area contributed by atoms with Crippen LogP contribution >= 0.6 is 0 Å². The van der Waals surface area contributed by atoms with Gasteiger partial charge in [-0.05, 0) is 37.3 Å². The predicted octanol–water partition coefficient (Wildman–Crippen LogP) is 2.89. The Morgan fingerprint density at radius 1 is 1.24 bits per heavy atom. The summed E-state index contributed by atoms with van der Waals surface area (Å²) in [6, 6.07) is 11.5. The molecule has 1 atom stereocenters. The minimum Gasteiger partial charge on any atom is -0.507 e. The van der Waals surface area contributed by atoms with Gasteiger partial charge in [-0.25, -0.2) is 0 Å². The number of nitrogens with one attached hydrogen (secondary N) is 1. The number of anilines is 1. The van der Waals surface area contributed by atoms with Gasteiger partial charge < -0.3 is 15.2 Å². The van der Waals surface area contributed by atoms with Crippen molar-refractivity contribution in [3.8, 4) is 11.5 Å².